The standard InChI is InChI=1S/C12H8N2OS/c16-12-13-11(14-15-12)10-7-3-5-8-4-1-2-6-9(8)10/h1-7H,(H,13,14,16). The molecule has 0 spiro atoms. The summed E-state index contributed by atoms with van der Waals surface area (Å²) >= 11 is 4.85. The average molecular weight is 228 g/mol. The van der Waals surface area contributed by atoms with Crippen LogP contribution in [0.2, 0.25) is 0 Å². The Labute approximate surface area is 96.7 Å². The van der Waals surface area contributed by atoms with Crippen LogP contribution in [0, 0.1) is 4.84 Å². The third kappa shape index (κ3) is 1.44. The number of aromatic nitrogens is 2. The molecule has 0 amide bonds. The largest absolute Gasteiger partial charge is 0.348 e. The van der Waals surface area contributed by atoms with E-state index in [0.717, 1.165) is 10.9 Å². The number of nitrogens with one attached hydrogen (secondary N) is 1. The van der Waals surface area contributed by atoms with E-state index in [1.54, 1.807) is 0 Å². The summed E-state index contributed by atoms with van der Waals surface area (Å²) < 4.78 is 4.95. The molecule has 3 nitrogen and oxygen atoms in total. The van der Waals surface area contributed by atoms with Gasteiger partial charge in [0.1, 0.15) is 0 Å². The highest BCUT2D eigenvalue weighted by Crippen LogP contribution is 2.25. The normalized spacial score (nSPS) is 10.8. The van der Waals surface area contributed by atoms with Crippen LogP contribution in [0.15, 0.2) is 47.0 Å². The Bertz CT molecular complexity index is 694. The van der Waals surface area contributed by atoms with E-state index >= 15 is 0 Å². The van der Waals surface area contributed by atoms with Crippen LogP contribution in [0.3, 0.4) is 0 Å². The summed E-state index contributed by atoms with van der Waals surface area (Å²) in [4.78, 5) is 4.35. The number of aromatic amines is 1. The Balaban J connectivity index is 2.35. The summed E-state index contributed by atoms with van der Waals surface area (Å²) in [5.74, 6) is 0.668. The van der Waals surface area contributed by atoms with Gasteiger partial charge < -0.3 is 4.52 Å². The van der Waals surface area contributed by atoms with Gasteiger partial charge >= 0.3 is 4.84 Å². The lowest BCUT2D eigenvalue weighted by Crippen LogP contribution is -1.82. The quantitative estimate of drug-likeness (QED) is 0.647. The summed E-state index contributed by atoms with van der Waals surface area (Å²) in [6.07, 6.45) is 0. The smallest absolute Gasteiger partial charge is 0.314 e. The van der Waals surface area contributed by atoms with Gasteiger partial charge in [-0.3, -0.25) is 0 Å². The maximum atomic E-state index is 4.95. The molecule has 1 heterocycles. The second kappa shape index (κ2) is 3.57. The second-order valence-corrected chi connectivity index (χ2v) is 3.81. The van der Waals surface area contributed by atoms with E-state index in [1.165, 1.54) is 5.39 Å². The van der Waals surface area contributed by atoms with Crippen LogP contribution in [-0.2, 0) is 0 Å². The molecule has 3 rings (SSSR count). The second-order valence-electron chi connectivity index (χ2n) is 3.46. The molecular formula is C12H8N2OS. The van der Waals surface area contributed by atoms with Crippen LogP contribution in [0.25, 0.3) is 22.2 Å². The van der Waals surface area contributed by atoms with E-state index in [2.05, 4.69) is 28.3 Å². The monoisotopic (exact) mass is 228 g/mol. The summed E-state index contributed by atoms with van der Waals surface area (Å²) in [5, 5.41) is 5.02. The van der Waals surface area contributed by atoms with Gasteiger partial charge in [0.05, 0.1) is 0 Å². The minimum absolute atomic E-state index is 0.225. The van der Waals surface area contributed by atoms with Gasteiger partial charge in [-0.25, -0.2) is 5.16 Å². The summed E-state index contributed by atoms with van der Waals surface area (Å²) in [7, 11) is 0. The number of H-pyrrole nitrogens is 1. The maximum Gasteiger partial charge on any atom is 0.314 e. The van der Waals surface area contributed by atoms with Gasteiger partial charge in [-0.1, -0.05) is 42.5 Å². The highest BCUT2D eigenvalue weighted by Gasteiger charge is 2.06. The fourth-order valence-electron chi connectivity index (χ4n) is 1.78. The van der Waals surface area contributed by atoms with E-state index in [4.69, 9.17) is 16.7 Å². The molecule has 0 unspecified atom stereocenters. The third-order valence-corrected chi connectivity index (χ3v) is 2.66. The third-order valence-electron chi connectivity index (χ3n) is 2.48. The van der Waals surface area contributed by atoms with Crippen molar-refractivity contribution in [1.82, 2.24) is 10.1 Å². The average Bonchev–Trinajstić information content (AvgIpc) is 2.75. The lowest BCUT2D eigenvalue weighted by atomic mass is 10.0. The van der Waals surface area contributed by atoms with Crippen molar-refractivity contribution in [1.29, 1.82) is 0 Å². The molecule has 0 atom stereocenters. The predicted molar refractivity (Wildman–Crippen MR) is 64.6 cm³/mol. The van der Waals surface area contributed by atoms with Crippen LogP contribution in [0.1, 0.15) is 0 Å². The number of nitrogens with zero attached hydrogens (tertiary/aromatic N) is 1. The molecule has 78 valence electrons. The molecule has 16 heavy (non-hydrogen) atoms. The van der Waals surface area contributed by atoms with Crippen molar-refractivity contribution in [2.75, 3.05) is 0 Å². The molecule has 1 N–H and O–H groups in total. The number of hydrogen-bond donors (Lipinski definition) is 1. The van der Waals surface area contributed by atoms with Gasteiger partial charge in [0, 0.05) is 5.56 Å². The number of rotatable bonds is 1. The van der Waals surface area contributed by atoms with E-state index in [0.29, 0.717) is 5.82 Å². The number of benzene rings is 2. The Morgan fingerprint density at radius 3 is 2.69 bits per heavy atom. The first-order chi connectivity index (χ1) is 7.84. The van der Waals surface area contributed by atoms with Crippen molar-refractivity contribution in [3.05, 3.63) is 47.3 Å². The van der Waals surface area contributed by atoms with E-state index in [1.807, 2.05) is 24.3 Å². The lowest BCUT2D eigenvalue weighted by molar-refractivity contribution is 0.406. The lowest BCUT2D eigenvalue weighted by Gasteiger charge is -2.01. The molecule has 0 aliphatic heterocycles. The van der Waals surface area contributed by atoms with Gasteiger partial charge in [0.25, 0.3) is 0 Å². The zero-order valence-corrected chi connectivity index (χ0v) is 9.12. The molecule has 4 heteroatoms. The summed E-state index contributed by atoms with van der Waals surface area (Å²) in [6, 6.07) is 14.2. The van der Waals surface area contributed by atoms with Gasteiger partial charge in [-0.15, -0.1) is 0 Å². The van der Waals surface area contributed by atoms with Crippen molar-refractivity contribution < 1.29 is 4.52 Å². The molecule has 0 radical (unpaired) electrons. The fraction of sp³-hybridized carbons (Fsp3) is 0. The fourth-order valence-corrected chi connectivity index (χ4v) is 1.91. The molecule has 0 aliphatic rings. The molecular weight excluding hydrogens is 220 g/mol. The van der Waals surface area contributed by atoms with Crippen molar-refractivity contribution >= 4 is 23.0 Å². The van der Waals surface area contributed by atoms with Crippen LogP contribution in [-0.4, -0.2) is 10.1 Å². The Hall–Kier alpha value is -1.94. The first-order valence-electron chi connectivity index (χ1n) is 4.88. The van der Waals surface area contributed by atoms with Crippen molar-refractivity contribution in [2.45, 2.75) is 0 Å². The zero-order valence-electron chi connectivity index (χ0n) is 8.31. The van der Waals surface area contributed by atoms with Crippen LogP contribution < -0.4 is 0 Å². The van der Waals surface area contributed by atoms with E-state index in [-0.39, 0.29) is 4.84 Å². The molecule has 0 saturated heterocycles. The Morgan fingerprint density at radius 1 is 1.06 bits per heavy atom. The highest BCUT2D eigenvalue weighted by atomic mass is 32.1. The van der Waals surface area contributed by atoms with E-state index < -0.39 is 0 Å². The zero-order chi connectivity index (χ0) is 11.0. The highest BCUT2D eigenvalue weighted by molar-refractivity contribution is 7.71. The van der Waals surface area contributed by atoms with Gasteiger partial charge in [0.2, 0.25) is 0 Å². The predicted octanol–water partition coefficient (Wildman–Crippen LogP) is 3.55. The van der Waals surface area contributed by atoms with Crippen LogP contribution in [0.4, 0.5) is 0 Å². The molecule has 3 aromatic rings. The Kier molecular flexibility index (Phi) is 2.08. The Morgan fingerprint density at radius 2 is 1.88 bits per heavy atom. The van der Waals surface area contributed by atoms with Crippen LogP contribution in [0.5, 0.6) is 0 Å². The molecule has 0 bridgehead atoms. The summed E-state index contributed by atoms with van der Waals surface area (Å²) in [5.41, 5.74) is 0.998. The molecule has 0 aliphatic carbocycles. The molecule has 0 saturated carbocycles. The first kappa shape index (κ1) is 9.30. The van der Waals surface area contributed by atoms with Crippen molar-refractivity contribution in [3.8, 4) is 11.4 Å². The van der Waals surface area contributed by atoms with Crippen molar-refractivity contribution in [2.24, 2.45) is 0 Å². The molecule has 1 aromatic heterocycles. The first-order valence-corrected chi connectivity index (χ1v) is 5.29. The minimum Gasteiger partial charge on any atom is -0.348 e. The van der Waals surface area contributed by atoms with E-state index in [9.17, 15) is 0 Å². The van der Waals surface area contributed by atoms with Gasteiger partial charge in [-0.2, -0.15) is 4.98 Å². The maximum absolute atomic E-state index is 4.95. The summed E-state index contributed by atoms with van der Waals surface area (Å²) in [6.45, 7) is 0. The minimum atomic E-state index is 0.225. The van der Waals surface area contributed by atoms with Crippen molar-refractivity contribution in [3.63, 3.8) is 0 Å². The molecule has 2 aromatic carbocycles. The van der Waals surface area contributed by atoms with Gasteiger partial charge in [-0.05, 0) is 23.0 Å². The SMILES string of the molecule is S=c1nc(-c2cccc3ccccc23)[nH]o1. The van der Waals surface area contributed by atoms with Gasteiger partial charge in [0.15, 0.2) is 5.82 Å². The number of hydrogen-bond acceptors (Lipinski definition) is 3. The van der Waals surface area contributed by atoms with Crippen LogP contribution >= 0.6 is 12.2 Å². The molecule has 0 fully saturated rings. The topological polar surface area (TPSA) is 41.8 Å². The number of fused-ring (bicyclic) bond motifs is 1.